The molecule has 0 radical (unpaired) electrons. The highest BCUT2D eigenvalue weighted by Crippen LogP contribution is 2.50. The summed E-state index contributed by atoms with van der Waals surface area (Å²) in [6.07, 6.45) is 3.01. The fraction of sp³-hybridized carbons (Fsp3) is 0.346. The van der Waals surface area contributed by atoms with Crippen LogP contribution in [0.5, 0.6) is 0 Å². The van der Waals surface area contributed by atoms with Gasteiger partial charge in [-0.05, 0) is 47.2 Å². The van der Waals surface area contributed by atoms with Crippen molar-refractivity contribution in [3.63, 3.8) is 0 Å². The Hall–Kier alpha value is -2.38. The summed E-state index contributed by atoms with van der Waals surface area (Å²) in [5, 5.41) is 2.79. The zero-order valence-electron chi connectivity index (χ0n) is 17.7. The van der Waals surface area contributed by atoms with Crippen molar-refractivity contribution in [2.45, 2.75) is 36.9 Å². The lowest BCUT2D eigenvalue weighted by atomic mass is 9.96. The van der Waals surface area contributed by atoms with Crippen LogP contribution in [0.4, 0.5) is 5.69 Å². The van der Waals surface area contributed by atoms with E-state index in [9.17, 15) is 4.79 Å². The third-order valence-electron chi connectivity index (χ3n) is 7.75. The zero-order valence-corrected chi connectivity index (χ0v) is 18.5. The first-order valence-electron chi connectivity index (χ1n) is 11.4. The number of rotatable bonds is 2. The first kappa shape index (κ1) is 19.1. The van der Waals surface area contributed by atoms with Gasteiger partial charge in [-0.3, -0.25) is 18.1 Å². The molecule has 2 atom stereocenters. The Labute approximate surface area is 191 Å². The minimum Gasteiger partial charge on any atom is -0.306 e. The van der Waals surface area contributed by atoms with E-state index in [1.807, 2.05) is 23.1 Å². The molecule has 162 valence electrons. The number of anilines is 1. The van der Waals surface area contributed by atoms with Crippen molar-refractivity contribution >= 4 is 34.7 Å². The third-order valence-corrected chi connectivity index (χ3v) is 8.32. The van der Waals surface area contributed by atoms with Crippen molar-refractivity contribution < 1.29 is 13.2 Å². The second kappa shape index (κ2) is 7.06. The highest BCUT2D eigenvalue weighted by atomic mass is 32.2. The molecule has 3 aromatic rings. The largest absolute Gasteiger partial charge is 0.306 e. The summed E-state index contributed by atoms with van der Waals surface area (Å²) in [5.74, 6) is 0.0280. The maximum atomic E-state index is 13.6. The predicted molar refractivity (Wildman–Crippen MR) is 125 cm³/mol. The van der Waals surface area contributed by atoms with Crippen molar-refractivity contribution in [3.05, 3.63) is 77.4 Å². The SMILES string of the molecule is O=C1N(C2CCN(C3Cc4cccc5cccc3c45)CC2)c2ccccc2C12COSO2. The Morgan fingerprint density at radius 1 is 0.969 bits per heavy atom. The summed E-state index contributed by atoms with van der Waals surface area (Å²) in [6, 6.07) is 22.0. The molecule has 2 saturated heterocycles. The van der Waals surface area contributed by atoms with Gasteiger partial charge in [0.1, 0.15) is 6.61 Å². The van der Waals surface area contributed by atoms with Gasteiger partial charge in [-0.1, -0.05) is 54.6 Å². The van der Waals surface area contributed by atoms with Gasteiger partial charge >= 0.3 is 0 Å². The standard InChI is InChI=1S/C26H24N2O3S/c29-25-26(16-30-32-31-26)21-9-1-2-10-22(21)28(25)19-11-13-27(14-12-19)23-15-18-7-3-5-17-6-4-8-20(23)24(17)18/h1-10,19,23H,11-16H2. The molecule has 1 amide bonds. The van der Waals surface area contributed by atoms with Crippen LogP contribution in [0, 0.1) is 0 Å². The van der Waals surface area contributed by atoms with E-state index in [1.165, 1.54) is 21.9 Å². The Balaban J connectivity index is 1.14. The number of para-hydroxylation sites is 1. The number of hydrogen-bond acceptors (Lipinski definition) is 5. The van der Waals surface area contributed by atoms with Crippen molar-refractivity contribution in [1.29, 1.82) is 0 Å². The Kier molecular flexibility index (Phi) is 4.22. The maximum absolute atomic E-state index is 13.6. The summed E-state index contributed by atoms with van der Waals surface area (Å²) in [7, 11) is 0. The molecule has 4 aliphatic rings. The lowest BCUT2D eigenvalue weighted by molar-refractivity contribution is -0.132. The first-order chi connectivity index (χ1) is 15.8. The molecule has 3 heterocycles. The number of benzene rings is 3. The van der Waals surface area contributed by atoms with Crippen molar-refractivity contribution in [1.82, 2.24) is 4.90 Å². The van der Waals surface area contributed by atoms with Crippen LogP contribution in [0.15, 0.2) is 60.7 Å². The summed E-state index contributed by atoms with van der Waals surface area (Å²) >= 11 is 0.939. The second-order valence-corrected chi connectivity index (χ2v) is 9.82. The molecule has 3 aliphatic heterocycles. The van der Waals surface area contributed by atoms with E-state index in [0.29, 0.717) is 6.04 Å². The number of likely N-dealkylation sites (tertiary alicyclic amines) is 1. The highest BCUT2D eigenvalue weighted by Gasteiger charge is 2.57. The van der Waals surface area contributed by atoms with Gasteiger partial charge in [0, 0.05) is 30.7 Å². The fourth-order valence-electron chi connectivity index (χ4n) is 6.24. The van der Waals surface area contributed by atoms with E-state index >= 15 is 0 Å². The van der Waals surface area contributed by atoms with Gasteiger partial charge in [-0.2, -0.15) is 0 Å². The van der Waals surface area contributed by atoms with Crippen LogP contribution in [0.2, 0.25) is 0 Å². The normalized spacial score (nSPS) is 27.7. The van der Waals surface area contributed by atoms with Crippen LogP contribution >= 0.6 is 12.3 Å². The quantitative estimate of drug-likeness (QED) is 0.534. The van der Waals surface area contributed by atoms with E-state index in [1.54, 1.807) is 0 Å². The van der Waals surface area contributed by atoms with Crippen molar-refractivity contribution in [2.75, 3.05) is 24.6 Å². The van der Waals surface area contributed by atoms with E-state index in [0.717, 1.165) is 55.9 Å². The molecule has 32 heavy (non-hydrogen) atoms. The zero-order chi connectivity index (χ0) is 21.3. The maximum Gasteiger partial charge on any atom is 0.268 e. The molecule has 1 spiro atoms. The number of fused-ring (bicyclic) bond motifs is 2. The number of carbonyl (C=O) groups is 1. The van der Waals surface area contributed by atoms with E-state index in [4.69, 9.17) is 8.37 Å². The number of carbonyl (C=O) groups excluding carboxylic acids is 1. The molecular weight excluding hydrogens is 420 g/mol. The number of piperidine rings is 1. The Bertz CT molecular complexity index is 1230. The molecule has 7 rings (SSSR count). The molecular formula is C26H24N2O3S. The summed E-state index contributed by atoms with van der Waals surface area (Å²) in [4.78, 5) is 18.2. The molecule has 0 bridgehead atoms. The minimum atomic E-state index is -0.985. The van der Waals surface area contributed by atoms with Crippen LogP contribution in [-0.2, 0) is 25.2 Å². The van der Waals surface area contributed by atoms with Gasteiger partial charge in [0.15, 0.2) is 12.3 Å². The smallest absolute Gasteiger partial charge is 0.268 e. The molecule has 1 aliphatic carbocycles. The lowest BCUT2D eigenvalue weighted by Crippen LogP contribution is -2.50. The lowest BCUT2D eigenvalue weighted by Gasteiger charge is -2.40. The average molecular weight is 445 g/mol. The van der Waals surface area contributed by atoms with Crippen LogP contribution in [0.1, 0.15) is 35.6 Å². The van der Waals surface area contributed by atoms with Gasteiger partial charge in [-0.25, -0.2) is 0 Å². The summed E-state index contributed by atoms with van der Waals surface area (Å²) in [5.41, 5.74) is 3.87. The van der Waals surface area contributed by atoms with Gasteiger partial charge in [0.05, 0.1) is 5.69 Å². The minimum absolute atomic E-state index is 0.0280. The molecule has 0 aromatic heterocycles. The van der Waals surface area contributed by atoms with E-state index in [-0.39, 0.29) is 18.6 Å². The summed E-state index contributed by atoms with van der Waals surface area (Å²) < 4.78 is 11.3. The summed E-state index contributed by atoms with van der Waals surface area (Å²) in [6.45, 7) is 2.25. The van der Waals surface area contributed by atoms with Crippen LogP contribution < -0.4 is 4.90 Å². The van der Waals surface area contributed by atoms with Crippen LogP contribution in [-0.4, -0.2) is 36.5 Å². The van der Waals surface area contributed by atoms with E-state index in [2.05, 4.69) is 47.4 Å². The Morgan fingerprint density at radius 2 is 1.78 bits per heavy atom. The van der Waals surface area contributed by atoms with Crippen molar-refractivity contribution in [3.8, 4) is 0 Å². The monoisotopic (exact) mass is 444 g/mol. The molecule has 5 nitrogen and oxygen atoms in total. The van der Waals surface area contributed by atoms with Crippen LogP contribution in [0.25, 0.3) is 10.8 Å². The third kappa shape index (κ3) is 2.55. The molecule has 0 saturated carbocycles. The molecule has 2 fully saturated rings. The fourth-order valence-corrected chi connectivity index (χ4v) is 6.82. The number of amides is 1. The molecule has 6 heteroatoms. The highest BCUT2D eigenvalue weighted by molar-refractivity contribution is 7.90. The van der Waals surface area contributed by atoms with Gasteiger partial charge in [-0.15, -0.1) is 0 Å². The van der Waals surface area contributed by atoms with Crippen molar-refractivity contribution in [2.24, 2.45) is 0 Å². The molecule has 0 N–H and O–H groups in total. The molecule has 3 aromatic carbocycles. The van der Waals surface area contributed by atoms with Gasteiger partial charge in [0.2, 0.25) is 5.60 Å². The van der Waals surface area contributed by atoms with Gasteiger partial charge < -0.3 is 4.90 Å². The average Bonchev–Trinajstić information content (AvgIpc) is 3.53. The van der Waals surface area contributed by atoms with Gasteiger partial charge in [0.25, 0.3) is 5.91 Å². The first-order valence-corrected chi connectivity index (χ1v) is 12.1. The predicted octanol–water partition coefficient (Wildman–Crippen LogP) is 4.75. The molecule has 2 unspecified atom stereocenters. The number of hydrogen-bond donors (Lipinski definition) is 0. The number of nitrogens with zero attached hydrogens (tertiary/aromatic N) is 2. The van der Waals surface area contributed by atoms with E-state index < -0.39 is 5.60 Å². The Morgan fingerprint density at radius 3 is 2.59 bits per heavy atom. The second-order valence-electron chi connectivity index (χ2n) is 9.28. The van der Waals surface area contributed by atoms with Crippen LogP contribution in [0.3, 0.4) is 0 Å². The topological polar surface area (TPSA) is 42.0 Å².